The Bertz CT molecular complexity index is 488. The van der Waals surface area contributed by atoms with Gasteiger partial charge in [0.2, 0.25) is 5.91 Å². The van der Waals surface area contributed by atoms with Crippen LogP contribution < -0.4 is 15.8 Å². The third-order valence-corrected chi connectivity index (χ3v) is 3.51. The average Bonchev–Trinajstić information content (AvgIpc) is 2.40. The molecule has 0 heterocycles. The van der Waals surface area contributed by atoms with Gasteiger partial charge in [0.15, 0.2) is 0 Å². The van der Waals surface area contributed by atoms with Crippen LogP contribution in [0.5, 0.6) is 5.75 Å². The van der Waals surface area contributed by atoms with Crippen LogP contribution in [0.15, 0.2) is 24.3 Å². The van der Waals surface area contributed by atoms with Crippen molar-refractivity contribution in [2.75, 3.05) is 5.32 Å². The largest absolute Gasteiger partial charge is 0.573 e. The fraction of sp³-hybridized carbons (Fsp3) is 0.500. The van der Waals surface area contributed by atoms with Crippen molar-refractivity contribution >= 4 is 11.6 Å². The number of carbonyl (C=O) groups excluding carboxylic acids is 1. The fourth-order valence-electron chi connectivity index (χ4n) is 2.46. The Morgan fingerprint density at radius 3 is 2.38 bits per heavy atom. The number of ether oxygens (including phenoxy) is 1. The van der Waals surface area contributed by atoms with E-state index in [2.05, 4.69) is 10.1 Å². The molecule has 7 heteroatoms. The lowest BCUT2D eigenvalue weighted by molar-refractivity contribution is -0.274. The van der Waals surface area contributed by atoms with Crippen molar-refractivity contribution in [3.8, 4) is 5.75 Å². The lowest BCUT2D eigenvalue weighted by Crippen LogP contribution is -2.40. The van der Waals surface area contributed by atoms with Crippen molar-refractivity contribution in [2.45, 2.75) is 38.1 Å². The molecule has 1 aromatic carbocycles. The van der Waals surface area contributed by atoms with E-state index in [4.69, 9.17) is 5.73 Å². The topological polar surface area (TPSA) is 64.4 Å². The second kappa shape index (κ2) is 6.34. The van der Waals surface area contributed by atoms with E-state index in [1.807, 2.05) is 0 Å². The summed E-state index contributed by atoms with van der Waals surface area (Å²) in [6.07, 6.45) is -1.18. The van der Waals surface area contributed by atoms with Crippen molar-refractivity contribution in [3.05, 3.63) is 24.3 Å². The van der Waals surface area contributed by atoms with Crippen molar-refractivity contribution < 1.29 is 22.7 Å². The van der Waals surface area contributed by atoms with Gasteiger partial charge in [-0.05, 0) is 37.1 Å². The van der Waals surface area contributed by atoms with Gasteiger partial charge in [0, 0.05) is 11.7 Å². The molecule has 1 fully saturated rings. The van der Waals surface area contributed by atoms with E-state index in [1.165, 1.54) is 12.1 Å². The van der Waals surface area contributed by atoms with Crippen LogP contribution in [-0.2, 0) is 4.79 Å². The number of nitrogens with two attached hydrogens (primary N) is 1. The molecule has 0 spiro atoms. The molecule has 116 valence electrons. The number of nitrogens with one attached hydrogen (secondary N) is 1. The van der Waals surface area contributed by atoms with Crippen LogP contribution in [-0.4, -0.2) is 18.3 Å². The highest BCUT2D eigenvalue weighted by atomic mass is 19.4. The van der Waals surface area contributed by atoms with Gasteiger partial charge in [-0.3, -0.25) is 4.79 Å². The zero-order chi connectivity index (χ0) is 15.5. The summed E-state index contributed by atoms with van der Waals surface area (Å²) < 4.78 is 39.9. The summed E-state index contributed by atoms with van der Waals surface area (Å²) in [5, 5.41) is 2.68. The predicted molar refractivity (Wildman–Crippen MR) is 71.7 cm³/mol. The maximum Gasteiger partial charge on any atom is 0.573 e. The predicted octanol–water partition coefficient (Wildman–Crippen LogP) is 3.04. The minimum Gasteiger partial charge on any atom is -0.406 e. The molecular formula is C14H17F3N2O2. The number of hydrogen-bond acceptors (Lipinski definition) is 3. The monoisotopic (exact) mass is 302 g/mol. The molecule has 1 aromatic rings. The van der Waals surface area contributed by atoms with Gasteiger partial charge in [0.1, 0.15) is 5.75 Å². The maximum absolute atomic E-state index is 12.1. The molecule has 0 aliphatic heterocycles. The van der Waals surface area contributed by atoms with E-state index in [-0.39, 0.29) is 23.6 Å². The maximum atomic E-state index is 12.1. The molecule has 3 N–H and O–H groups in total. The third kappa shape index (κ3) is 4.63. The Balaban J connectivity index is 1.95. The van der Waals surface area contributed by atoms with Crippen molar-refractivity contribution in [3.63, 3.8) is 0 Å². The summed E-state index contributed by atoms with van der Waals surface area (Å²) in [6.45, 7) is 0. The van der Waals surface area contributed by atoms with Crippen molar-refractivity contribution in [2.24, 2.45) is 11.7 Å². The molecule has 0 saturated heterocycles. The number of alkyl halides is 3. The van der Waals surface area contributed by atoms with E-state index in [9.17, 15) is 18.0 Å². The molecule has 2 atom stereocenters. The first-order valence-corrected chi connectivity index (χ1v) is 6.77. The zero-order valence-corrected chi connectivity index (χ0v) is 11.3. The summed E-state index contributed by atoms with van der Waals surface area (Å²) >= 11 is 0. The molecule has 0 aromatic heterocycles. The molecule has 2 rings (SSSR count). The lowest BCUT2D eigenvalue weighted by Gasteiger charge is -2.27. The summed E-state index contributed by atoms with van der Waals surface area (Å²) in [4.78, 5) is 12.1. The Kier molecular flexibility index (Phi) is 4.72. The van der Waals surface area contributed by atoms with Gasteiger partial charge < -0.3 is 15.8 Å². The number of rotatable bonds is 3. The molecule has 0 bridgehead atoms. The van der Waals surface area contributed by atoms with Crippen LogP contribution in [0.1, 0.15) is 25.7 Å². The molecule has 1 aliphatic carbocycles. The van der Waals surface area contributed by atoms with Crippen LogP contribution in [0.3, 0.4) is 0 Å². The van der Waals surface area contributed by atoms with E-state index in [1.54, 1.807) is 0 Å². The highest BCUT2D eigenvalue weighted by Gasteiger charge is 2.31. The van der Waals surface area contributed by atoms with Gasteiger partial charge in [-0.1, -0.05) is 12.8 Å². The molecule has 21 heavy (non-hydrogen) atoms. The Morgan fingerprint density at radius 2 is 1.81 bits per heavy atom. The molecule has 1 aliphatic rings. The molecule has 4 nitrogen and oxygen atoms in total. The number of benzene rings is 1. The van der Waals surface area contributed by atoms with Gasteiger partial charge >= 0.3 is 6.36 Å². The number of carbonyl (C=O) groups is 1. The van der Waals surface area contributed by atoms with Crippen LogP contribution in [0.4, 0.5) is 18.9 Å². The number of hydrogen-bond donors (Lipinski definition) is 2. The zero-order valence-electron chi connectivity index (χ0n) is 11.3. The van der Waals surface area contributed by atoms with Crippen molar-refractivity contribution in [1.82, 2.24) is 0 Å². The number of amides is 1. The highest BCUT2D eigenvalue weighted by Crippen LogP contribution is 2.26. The lowest BCUT2D eigenvalue weighted by atomic mass is 9.84. The Morgan fingerprint density at radius 1 is 1.19 bits per heavy atom. The Hall–Kier alpha value is -1.76. The highest BCUT2D eigenvalue weighted by molar-refractivity contribution is 5.93. The smallest absolute Gasteiger partial charge is 0.406 e. The number of anilines is 1. The summed E-state index contributed by atoms with van der Waals surface area (Å²) in [5.74, 6) is -0.758. The average molecular weight is 302 g/mol. The van der Waals surface area contributed by atoms with E-state index in [0.717, 1.165) is 37.8 Å². The quantitative estimate of drug-likeness (QED) is 0.902. The van der Waals surface area contributed by atoms with Crippen LogP contribution in [0.25, 0.3) is 0 Å². The first-order valence-electron chi connectivity index (χ1n) is 6.77. The number of halogens is 3. The molecular weight excluding hydrogens is 285 g/mol. The third-order valence-electron chi connectivity index (χ3n) is 3.51. The molecule has 0 radical (unpaired) electrons. The molecule has 2 unspecified atom stereocenters. The van der Waals surface area contributed by atoms with Gasteiger partial charge in [-0.25, -0.2) is 0 Å². The first-order chi connectivity index (χ1) is 9.85. The van der Waals surface area contributed by atoms with Gasteiger partial charge in [-0.2, -0.15) is 0 Å². The Labute approximate surface area is 120 Å². The second-order valence-electron chi connectivity index (χ2n) is 5.12. The first kappa shape index (κ1) is 15.6. The summed E-state index contributed by atoms with van der Waals surface area (Å²) in [5.41, 5.74) is 6.34. The minimum absolute atomic E-state index is 0.161. The summed E-state index contributed by atoms with van der Waals surface area (Å²) in [6, 6.07) is 4.89. The van der Waals surface area contributed by atoms with Crippen molar-refractivity contribution in [1.29, 1.82) is 0 Å². The fourth-order valence-corrected chi connectivity index (χ4v) is 2.46. The van der Waals surface area contributed by atoms with E-state index < -0.39 is 6.36 Å². The van der Waals surface area contributed by atoms with Gasteiger partial charge in [-0.15, -0.1) is 13.2 Å². The van der Waals surface area contributed by atoms with Crippen LogP contribution in [0.2, 0.25) is 0 Å². The minimum atomic E-state index is -4.72. The second-order valence-corrected chi connectivity index (χ2v) is 5.12. The van der Waals surface area contributed by atoms with E-state index >= 15 is 0 Å². The normalized spacial score (nSPS) is 22.7. The van der Waals surface area contributed by atoms with Crippen LogP contribution in [0, 0.1) is 5.92 Å². The van der Waals surface area contributed by atoms with E-state index in [0.29, 0.717) is 5.69 Å². The standard InChI is InChI=1S/C14H17F3N2O2/c15-14(16,17)21-10-7-5-9(6-8-10)19-13(20)11-3-1-2-4-12(11)18/h5-8,11-12H,1-4,18H2,(H,19,20). The van der Waals surface area contributed by atoms with Crippen LogP contribution >= 0.6 is 0 Å². The summed E-state index contributed by atoms with van der Waals surface area (Å²) in [7, 11) is 0. The molecule has 1 amide bonds. The van der Waals surface area contributed by atoms with Gasteiger partial charge in [0.25, 0.3) is 0 Å². The SMILES string of the molecule is NC1CCCCC1C(=O)Nc1ccc(OC(F)(F)F)cc1. The van der Waals surface area contributed by atoms with Gasteiger partial charge in [0.05, 0.1) is 5.92 Å². The molecule has 1 saturated carbocycles.